The Morgan fingerprint density at radius 1 is 1.26 bits per heavy atom. The zero-order valence-electron chi connectivity index (χ0n) is 11.7. The van der Waals surface area contributed by atoms with E-state index in [1.165, 1.54) is 0 Å². The van der Waals surface area contributed by atoms with E-state index < -0.39 is 0 Å². The van der Waals surface area contributed by atoms with Gasteiger partial charge in [0.2, 0.25) is 0 Å². The Hall–Kier alpha value is -0.880. The third-order valence-corrected chi connectivity index (χ3v) is 3.43. The van der Waals surface area contributed by atoms with E-state index >= 15 is 0 Å². The molecule has 19 heavy (non-hydrogen) atoms. The number of hydrogen-bond acceptors (Lipinski definition) is 5. The smallest absolute Gasteiger partial charge is 0.118 e. The minimum Gasteiger partial charge on any atom is -0.465 e. The van der Waals surface area contributed by atoms with Crippen molar-refractivity contribution in [1.82, 2.24) is 9.80 Å². The summed E-state index contributed by atoms with van der Waals surface area (Å²) in [5, 5.41) is 9.15. The molecule has 0 unspecified atom stereocenters. The van der Waals surface area contributed by atoms with Crippen molar-refractivity contribution in [2.75, 3.05) is 52.5 Å². The van der Waals surface area contributed by atoms with Crippen LogP contribution >= 0.6 is 0 Å². The largest absolute Gasteiger partial charge is 0.465 e. The second kappa shape index (κ2) is 7.65. The van der Waals surface area contributed by atoms with Crippen molar-refractivity contribution in [3.63, 3.8) is 0 Å². The van der Waals surface area contributed by atoms with Crippen LogP contribution in [0.5, 0.6) is 0 Å². The van der Waals surface area contributed by atoms with Crippen LogP contribution < -0.4 is 0 Å². The van der Waals surface area contributed by atoms with Crippen molar-refractivity contribution in [3.05, 3.63) is 23.7 Å². The van der Waals surface area contributed by atoms with Crippen molar-refractivity contribution in [2.45, 2.75) is 13.5 Å². The molecule has 1 saturated heterocycles. The molecule has 0 atom stereocenters. The van der Waals surface area contributed by atoms with Crippen LogP contribution in [0.15, 0.2) is 16.5 Å². The molecule has 2 heterocycles. The van der Waals surface area contributed by atoms with Crippen LogP contribution in [0, 0.1) is 6.92 Å². The van der Waals surface area contributed by atoms with Gasteiger partial charge in [0.15, 0.2) is 0 Å². The van der Waals surface area contributed by atoms with Gasteiger partial charge in [0, 0.05) is 32.7 Å². The molecule has 1 N–H and O–H groups in total. The van der Waals surface area contributed by atoms with Crippen LogP contribution in [0.1, 0.15) is 11.5 Å². The standard InChI is InChI=1S/C14H24N2O3/c1-13-2-3-14(19-13)12-16(6-9-17)5-4-15-7-10-18-11-8-15/h2-3,17H,4-12H2,1H3. The van der Waals surface area contributed by atoms with E-state index in [-0.39, 0.29) is 6.61 Å². The van der Waals surface area contributed by atoms with Gasteiger partial charge in [-0.15, -0.1) is 0 Å². The topological polar surface area (TPSA) is 49.1 Å². The number of furan rings is 1. The summed E-state index contributed by atoms with van der Waals surface area (Å²) in [5.41, 5.74) is 0. The molecule has 1 aliphatic heterocycles. The van der Waals surface area contributed by atoms with Crippen LogP contribution in [0.25, 0.3) is 0 Å². The van der Waals surface area contributed by atoms with Crippen molar-refractivity contribution in [3.8, 4) is 0 Å². The monoisotopic (exact) mass is 268 g/mol. The fraction of sp³-hybridized carbons (Fsp3) is 0.714. The van der Waals surface area contributed by atoms with Gasteiger partial charge < -0.3 is 14.3 Å². The number of aliphatic hydroxyl groups excluding tert-OH is 1. The average molecular weight is 268 g/mol. The molecule has 0 aliphatic carbocycles. The molecule has 1 aromatic heterocycles. The first-order valence-electron chi connectivity index (χ1n) is 6.96. The number of morpholine rings is 1. The van der Waals surface area contributed by atoms with Gasteiger partial charge >= 0.3 is 0 Å². The van der Waals surface area contributed by atoms with E-state index in [1.54, 1.807) is 0 Å². The lowest BCUT2D eigenvalue weighted by atomic mass is 10.3. The second-order valence-electron chi connectivity index (χ2n) is 4.97. The zero-order chi connectivity index (χ0) is 13.5. The van der Waals surface area contributed by atoms with Gasteiger partial charge in [-0.3, -0.25) is 9.80 Å². The highest BCUT2D eigenvalue weighted by Gasteiger charge is 2.13. The van der Waals surface area contributed by atoms with Crippen molar-refractivity contribution in [2.24, 2.45) is 0 Å². The van der Waals surface area contributed by atoms with Crippen LogP contribution in [-0.4, -0.2) is 67.5 Å². The highest BCUT2D eigenvalue weighted by Crippen LogP contribution is 2.09. The van der Waals surface area contributed by atoms with Gasteiger partial charge in [-0.1, -0.05) is 0 Å². The molecule has 0 aromatic carbocycles. The van der Waals surface area contributed by atoms with E-state index in [0.29, 0.717) is 6.54 Å². The molecule has 5 nitrogen and oxygen atoms in total. The van der Waals surface area contributed by atoms with Crippen LogP contribution in [0.3, 0.4) is 0 Å². The molecule has 1 aromatic rings. The lowest BCUT2D eigenvalue weighted by Crippen LogP contribution is -2.41. The number of ether oxygens (including phenoxy) is 1. The molecular weight excluding hydrogens is 244 g/mol. The molecule has 5 heteroatoms. The van der Waals surface area contributed by atoms with Crippen LogP contribution in [-0.2, 0) is 11.3 Å². The fourth-order valence-electron chi connectivity index (χ4n) is 2.31. The molecule has 0 bridgehead atoms. The summed E-state index contributed by atoms with van der Waals surface area (Å²) < 4.78 is 10.9. The fourth-order valence-corrected chi connectivity index (χ4v) is 2.31. The summed E-state index contributed by atoms with van der Waals surface area (Å²) in [6.45, 7) is 9.22. The molecule has 1 aliphatic rings. The summed E-state index contributed by atoms with van der Waals surface area (Å²) in [6, 6.07) is 3.99. The van der Waals surface area contributed by atoms with E-state index in [9.17, 15) is 0 Å². The van der Waals surface area contributed by atoms with Gasteiger partial charge in [-0.2, -0.15) is 0 Å². The van der Waals surface area contributed by atoms with Gasteiger partial charge in [0.05, 0.1) is 26.4 Å². The van der Waals surface area contributed by atoms with E-state index in [0.717, 1.165) is 57.5 Å². The quantitative estimate of drug-likeness (QED) is 0.789. The van der Waals surface area contributed by atoms with E-state index in [4.69, 9.17) is 14.3 Å². The third kappa shape index (κ3) is 4.95. The Morgan fingerprint density at radius 2 is 2.05 bits per heavy atom. The number of aryl methyl sites for hydroxylation is 1. The first-order valence-corrected chi connectivity index (χ1v) is 6.96. The lowest BCUT2D eigenvalue weighted by Gasteiger charge is -2.29. The predicted octanol–water partition coefficient (Wildman–Crippen LogP) is 0.715. The predicted molar refractivity (Wildman–Crippen MR) is 73.1 cm³/mol. The van der Waals surface area contributed by atoms with Gasteiger partial charge in [0.25, 0.3) is 0 Å². The number of hydrogen-bond donors (Lipinski definition) is 1. The van der Waals surface area contributed by atoms with Crippen molar-refractivity contribution >= 4 is 0 Å². The molecule has 1 fully saturated rings. The molecule has 0 spiro atoms. The zero-order valence-corrected chi connectivity index (χ0v) is 11.7. The minimum atomic E-state index is 0.183. The molecule has 108 valence electrons. The Balaban J connectivity index is 1.78. The Kier molecular flexibility index (Phi) is 5.85. The molecular formula is C14H24N2O3. The number of nitrogens with zero attached hydrogens (tertiary/aromatic N) is 2. The Bertz CT molecular complexity index is 361. The van der Waals surface area contributed by atoms with Gasteiger partial charge in [-0.05, 0) is 19.1 Å². The maximum Gasteiger partial charge on any atom is 0.118 e. The minimum absolute atomic E-state index is 0.183. The molecule has 0 amide bonds. The molecule has 0 saturated carbocycles. The maximum atomic E-state index is 9.15. The number of aliphatic hydroxyl groups is 1. The highest BCUT2D eigenvalue weighted by atomic mass is 16.5. The molecule has 0 radical (unpaired) electrons. The maximum absolute atomic E-state index is 9.15. The van der Waals surface area contributed by atoms with E-state index in [2.05, 4.69) is 9.80 Å². The second-order valence-corrected chi connectivity index (χ2v) is 4.97. The summed E-state index contributed by atoms with van der Waals surface area (Å²) in [7, 11) is 0. The van der Waals surface area contributed by atoms with Crippen molar-refractivity contribution < 1.29 is 14.3 Å². The summed E-state index contributed by atoms with van der Waals surface area (Å²) in [6.07, 6.45) is 0. The Morgan fingerprint density at radius 3 is 2.68 bits per heavy atom. The summed E-state index contributed by atoms with van der Waals surface area (Å²) in [4.78, 5) is 4.63. The van der Waals surface area contributed by atoms with Crippen molar-refractivity contribution in [1.29, 1.82) is 0 Å². The molecule has 2 rings (SSSR count). The SMILES string of the molecule is Cc1ccc(CN(CCO)CCN2CCOCC2)o1. The van der Waals surface area contributed by atoms with Crippen LogP contribution in [0.4, 0.5) is 0 Å². The van der Waals surface area contributed by atoms with E-state index in [1.807, 2.05) is 19.1 Å². The summed E-state index contributed by atoms with van der Waals surface area (Å²) in [5.74, 6) is 1.90. The lowest BCUT2D eigenvalue weighted by molar-refractivity contribution is 0.0316. The average Bonchev–Trinajstić information content (AvgIpc) is 2.83. The first-order chi connectivity index (χ1) is 9.28. The van der Waals surface area contributed by atoms with Gasteiger partial charge in [-0.25, -0.2) is 0 Å². The normalized spacial score (nSPS) is 17.2. The Labute approximate surface area is 114 Å². The number of rotatable bonds is 7. The van der Waals surface area contributed by atoms with Crippen LogP contribution in [0.2, 0.25) is 0 Å². The highest BCUT2D eigenvalue weighted by molar-refractivity contribution is 5.05. The van der Waals surface area contributed by atoms with Gasteiger partial charge in [0.1, 0.15) is 11.5 Å². The summed E-state index contributed by atoms with van der Waals surface area (Å²) >= 11 is 0. The first kappa shape index (κ1) is 14.5. The third-order valence-electron chi connectivity index (χ3n) is 3.43.